The Morgan fingerprint density at radius 3 is 2.64 bits per heavy atom. The Morgan fingerprint density at radius 1 is 1.11 bits per heavy atom. The summed E-state index contributed by atoms with van der Waals surface area (Å²) in [5, 5.41) is 4.20. The first kappa shape index (κ1) is 19.1. The van der Waals surface area contributed by atoms with Crippen LogP contribution in [0.4, 0.5) is 5.00 Å². The maximum atomic E-state index is 12.7. The monoisotopic (exact) mass is 434 g/mol. The number of primary amides is 1. The predicted octanol–water partition coefficient (Wildman–Crippen LogP) is 5.54. The average Bonchev–Trinajstić information content (AvgIpc) is 3.26. The minimum absolute atomic E-state index is 0.114. The van der Waals surface area contributed by atoms with Gasteiger partial charge >= 0.3 is 0 Å². The largest absolute Gasteiger partial charge is 0.451 e. The number of nitrogens with two attached hydrogens (primary N) is 1. The van der Waals surface area contributed by atoms with Crippen LogP contribution in [0.5, 0.6) is 0 Å². The van der Waals surface area contributed by atoms with Crippen molar-refractivity contribution in [3.05, 3.63) is 62.1 Å². The molecule has 0 aliphatic heterocycles. The van der Waals surface area contributed by atoms with Gasteiger partial charge in [-0.05, 0) is 61.6 Å². The van der Waals surface area contributed by atoms with Gasteiger partial charge in [-0.1, -0.05) is 23.2 Å². The predicted molar refractivity (Wildman–Crippen MR) is 112 cm³/mol. The Kier molecular flexibility index (Phi) is 5.19. The quantitative estimate of drug-likeness (QED) is 0.564. The Balaban J connectivity index is 1.61. The van der Waals surface area contributed by atoms with Crippen LogP contribution in [0.1, 0.15) is 44.2 Å². The highest BCUT2D eigenvalue weighted by Gasteiger charge is 2.26. The molecule has 2 aromatic heterocycles. The third-order valence-corrected chi connectivity index (χ3v) is 6.43. The summed E-state index contributed by atoms with van der Waals surface area (Å²) in [5.74, 6) is -0.407. The van der Waals surface area contributed by atoms with E-state index in [-0.39, 0.29) is 5.76 Å². The number of carbonyl (C=O) groups is 2. The Bertz CT molecular complexity index is 1090. The second-order valence-corrected chi connectivity index (χ2v) is 8.47. The number of carbonyl (C=O) groups excluding carboxylic acids is 2. The molecule has 0 saturated carbocycles. The highest BCUT2D eigenvalue weighted by Crippen LogP contribution is 2.38. The van der Waals surface area contributed by atoms with Gasteiger partial charge in [0.05, 0.1) is 10.6 Å². The van der Waals surface area contributed by atoms with Crippen molar-refractivity contribution >= 4 is 51.4 Å². The molecule has 4 rings (SSSR count). The molecule has 3 N–H and O–H groups in total. The lowest BCUT2D eigenvalue weighted by Crippen LogP contribution is -2.18. The van der Waals surface area contributed by atoms with Crippen LogP contribution >= 0.6 is 34.5 Å². The maximum Gasteiger partial charge on any atom is 0.292 e. The molecule has 8 heteroatoms. The number of hydrogen-bond acceptors (Lipinski definition) is 4. The molecule has 5 nitrogen and oxygen atoms in total. The molecule has 0 radical (unpaired) electrons. The summed E-state index contributed by atoms with van der Waals surface area (Å²) in [6.07, 6.45) is 3.79. The lowest BCUT2D eigenvalue weighted by Gasteiger charge is -2.11. The summed E-state index contributed by atoms with van der Waals surface area (Å²) in [7, 11) is 0. The summed E-state index contributed by atoms with van der Waals surface area (Å²) in [4.78, 5) is 25.8. The first-order valence-corrected chi connectivity index (χ1v) is 10.3. The van der Waals surface area contributed by atoms with Gasteiger partial charge in [-0.25, -0.2) is 0 Å². The highest BCUT2D eigenvalue weighted by molar-refractivity contribution is 7.17. The second kappa shape index (κ2) is 7.62. The summed E-state index contributed by atoms with van der Waals surface area (Å²) >= 11 is 13.5. The molecule has 3 aromatic rings. The van der Waals surface area contributed by atoms with E-state index in [9.17, 15) is 9.59 Å². The normalized spacial score (nSPS) is 13.2. The molecule has 0 spiro atoms. The molecule has 0 atom stereocenters. The van der Waals surface area contributed by atoms with Gasteiger partial charge < -0.3 is 15.5 Å². The molecule has 144 valence electrons. The van der Waals surface area contributed by atoms with Crippen molar-refractivity contribution < 1.29 is 14.0 Å². The Labute approximate surface area is 175 Å². The average molecular weight is 435 g/mol. The van der Waals surface area contributed by atoms with Crippen LogP contribution in [-0.2, 0) is 12.8 Å². The first-order valence-electron chi connectivity index (χ1n) is 8.75. The van der Waals surface area contributed by atoms with Crippen LogP contribution in [0.15, 0.2) is 34.7 Å². The van der Waals surface area contributed by atoms with Crippen LogP contribution in [0.2, 0.25) is 10.0 Å². The third kappa shape index (κ3) is 3.55. The summed E-state index contributed by atoms with van der Waals surface area (Å²) < 4.78 is 5.68. The number of thiophene rings is 1. The van der Waals surface area contributed by atoms with Gasteiger partial charge in [-0.2, -0.15) is 0 Å². The molecular formula is C20H16Cl2N2O3S. The number of anilines is 1. The van der Waals surface area contributed by atoms with Crippen LogP contribution < -0.4 is 11.1 Å². The van der Waals surface area contributed by atoms with E-state index in [0.717, 1.165) is 36.1 Å². The van der Waals surface area contributed by atoms with Gasteiger partial charge in [-0.15, -0.1) is 11.3 Å². The highest BCUT2D eigenvalue weighted by atomic mass is 35.5. The topological polar surface area (TPSA) is 85.3 Å². The number of halogens is 2. The standard InChI is InChI=1S/C20H16Cl2N2O3S/c21-10-5-6-11(13(22)9-10)14-7-8-15(27-14)19(26)24-20-17(18(23)25)12-3-1-2-4-16(12)28-20/h5-9H,1-4H2,(H2,23,25)(H,24,26). The minimum atomic E-state index is -0.525. The molecule has 2 amide bonds. The van der Waals surface area contributed by atoms with E-state index >= 15 is 0 Å². The number of furan rings is 1. The molecule has 1 aromatic carbocycles. The van der Waals surface area contributed by atoms with Gasteiger partial charge in [0.2, 0.25) is 0 Å². The smallest absolute Gasteiger partial charge is 0.292 e. The van der Waals surface area contributed by atoms with Crippen molar-refractivity contribution in [2.24, 2.45) is 5.73 Å². The summed E-state index contributed by atoms with van der Waals surface area (Å²) in [6.45, 7) is 0. The summed E-state index contributed by atoms with van der Waals surface area (Å²) in [5.41, 5.74) is 7.59. The molecule has 0 bridgehead atoms. The zero-order valence-corrected chi connectivity index (χ0v) is 17.0. The zero-order chi connectivity index (χ0) is 19.8. The van der Waals surface area contributed by atoms with E-state index in [1.165, 1.54) is 11.3 Å². The fraction of sp³-hybridized carbons (Fsp3) is 0.200. The van der Waals surface area contributed by atoms with Gasteiger partial charge in [0.15, 0.2) is 5.76 Å². The number of aryl methyl sites for hydroxylation is 1. The van der Waals surface area contributed by atoms with E-state index < -0.39 is 11.8 Å². The van der Waals surface area contributed by atoms with E-state index in [0.29, 0.717) is 31.9 Å². The van der Waals surface area contributed by atoms with Crippen molar-refractivity contribution in [2.45, 2.75) is 25.7 Å². The number of fused-ring (bicyclic) bond motifs is 1. The number of benzene rings is 1. The van der Waals surface area contributed by atoms with Crippen LogP contribution in [0.25, 0.3) is 11.3 Å². The molecular weight excluding hydrogens is 419 g/mol. The molecule has 0 unspecified atom stereocenters. The maximum absolute atomic E-state index is 12.7. The lowest BCUT2D eigenvalue weighted by molar-refractivity contribution is 0.0997. The second-order valence-electron chi connectivity index (χ2n) is 6.52. The molecule has 2 heterocycles. The number of amides is 2. The molecule has 0 fully saturated rings. The fourth-order valence-corrected chi connectivity index (χ4v) is 5.16. The molecule has 1 aliphatic rings. The van der Waals surface area contributed by atoms with Crippen molar-refractivity contribution in [3.8, 4) is 11.3 Å². The van der Waals surface area contributed by atoms with Crippen molar-refractivity contribution in [3.63, 3.8) is 0 Å². The minimum Gasteiger partial charge on any atom is -0.451 e. The molecule has 1 aliphatic carbocycles. The van der Waals surface area contributed by atoms with Crippen molar-refractivity contribution in [1.29, 1.82) is 0 Å². The third-order valence-electron chi connectivity index (χ3n) is 4.67. The van der Waals surface area contributed by atoms with E-state index in [4.69, 9.17) is 33.4 Å². The number of hydrogen-bond donors (Lipinski definition) is 2. The van der Waals surface area contributed by atoms with Gasteiger partial charge in [-0.3, -0.25) is 9.59 Å². The summed E-state index contributed by atoms with van der Waals surface area (Å²) in [6, 6.07) is 8.26. The number of nitrogens with one attached hydrogen (secondary N) is 1. The van der Waals surface area contributed by atoms with Gasteiger partial charge in [0, 0.05) is 15.5 Å². The van der Waals surface area contributed by atoms with E-state index in [1.54, 1.807) is 30.3 Å². The van der Waals surface area contributed by atoms with E-state index in [1.807, 2.05) is 0 Å². The fourth-order valence-electron chi connectivity index (χ4n) is 3.37. The van der Waals surface area contributed by atoms with Crippen molar-refractivity contribution in [2.75, 3.05) is 5.32 Å². The van der Waals surface area contributed by atoms with Crippen molar-refractivity contribution in [1.82, 2.24) is 0 Å². The number of rotatable bonds is 4. The van der Waals surface area contributed by atoms with Crippen LogP contribution in [0, 0.1) is 0 Å². The Hall–Kier alpha value is -2.28. The SMILES string of the molecule is NC(=O)c1c(NC(=O)c2ccc(-c3ccc(Cl)cc3Cl)o2)sc2c1CCCC2. The molecule has 28 heavy (non-hydrogen) atoms. The van der Waals surface area contributed by atoms with Gasteiger partial charge in [0.1, 0.15) is 10.8 Å². The first-order chi connectivity index (χ1) is 13.4. The van der Waals surface area contributed by atoms with E-state index in [2.05, 4.69) is 5.32 Å². The van der Waals surface area contributed by atoms with Crippen LogP contribution in [-0.4, -0.2) is 11.8 Å². The van der Waals surface area contributed by atoms with Crippen LogP contribution in [0.3, 0.4) is 0 Å². The lowest BCUT2D eigenvalue weighted by atomic mass is 9.95. The van der Waals surface area contributed by atoms with Gasteiger partial charge in [0.25, 0.3) is 11.8 Å². The zero-order valence-electron chi connectivity index (χ0n) is 14.7. The Morgan fingerprint density at radius 2 is 1.89 bits per heavy atom. The molecule has 0 saturated heterocycles.